The quantitative estimate of drug-likeness (QED) is 0.545. The van der Waals surface area contributed by atoms with Crippen LogP contribution < -0.4 is 5.56 Å². The van der Waals surface area contributed by atoms with E-state index in [9.17, 15) is 14.9 Å². The van der Waals surface area contributed by atoms with Gasteiger partial charge in [-0.1, -0.05) is 0 Å². The number of thiophene rings is 1. The van der Waals surface area contributed by atoms with Gasteiger partial charge in [0.1, 0.15) is 11.5 Å². The lowest BCUT2D eigenvalue weighted by molar-refractivity contribution is -0.385. The van der Waals surface area contributed by atoms with Gasteiger partial charge in [0.15, 0.2) is 0 Å². The molecule has 3 aromatic heterocycles. The highest BCUT2D eigenvalue weighted by molar-refractivity contribution is 7.08. The highest BCUT2D eigenvalue weighted by atomic mass is 32.1. The van der Waals surface area contributed by atoms with Crippen LogP contribution in [0, 0.1) is 17.0 Å². The minimum absolute atomic E-state index is 0.125. The van der Waals surface area contributed by atoms with Crippen molar-refractivity contribution in [3.8, 4) is 11.5 Å². The predicted octanol–water partition coefficient (Wildman–Crippen LogP) is 2.83. The number of hydrogen-bond donors (Lipinski definition) is 0. The molecular weight excluding hydrogens is 306 g/mol. The van der Waals surface area contributed by atoms with Gasteiger partial charge in [-0.05, 0) is 18.4 Å². The maximum Gasteiger partial charge on any atom is 0.285 e. The van der Waals surface area contributed by atoms with Crippen molar-refractivity contribution in [1.82, 2.24) is 9.55 Å². The Morgan fingerprint density at radius 2 is 2.23 bits per heavy atom. The van der Waals surface area contributed by atoms with Gasteiger partial charge in [0.25, 0.3) is 11.2 Å². The summed E-state index contributed by atoms with van der Waals surface area (Å²) in [7, 11) is 0. The molecule has 0 aliphatic heterocycles. The Morgan fingerprint density at radius 1 is 1.41 bits per heavy atom. The number of pyridine rings is 1. The summed E-state index contributed by atoms with van der Waals surface area (Å²) in [6.45, 7) is 1.88. The van der Waals surface area contributed by atoms with Gasteiger partial charge >= 0.3 is 0 Å². The molecule has 3 aromatic rings. The van der Waals surface area contributed by atoms with Crippen molar-refractivity contribution in [2.75, 3.05) is 0 Å². The molecule has 22 heavy (non-hydrogen) atoms. The summed E-state index contributed by atoms with van der Waals surface area (Å²) in [5.74, 6) is 1.06. The van der Waals surface area contributed by atoms with Crippen LogP contribution in [-0.4, -0.2) is 14.5 Å². The van der Waals surface area contributed by atoms with E-state index in [-0.39, 0.29) is 17.8 Å². The Hall–Kier alpha value is -2.74. The second kappa shape index (κ2) is 5.57. The van der Waals surface area contributed by atoms with Crippen LogP contribution in [0.2, 0.25) is 0 Å². The molecule has 0 radical (unpaired) electrons. The molecule has 112 valence electrons. The van der Waals surface area contributed by atoms with E-state index >= 15 is 0 Å². The molecule has 7 nitrogen and oxygen atoms in total. The molecule has 0 aromatic carbocycles. The average Bonchev–Trinajstić information content (AvgIpc) is 3.11. The van der Waals surface area contributed by atoms with E-state index in [1.807, 2.05) is 16.8 Å². The molecule has 0 aliphatic carbocycles. The predicted molar refractivity (Wildman–Crippen MR) is 81.0 cm³/mol. The molecule has 0 saturated carbocycles. The fourth-order valence-electron chi connectivity index (χ4n) is 2.00. The van der Waals surface area contributed by atoms with Gasteiger partial charge in [-0.3, -0.25) is 14.9 Å². The Kier molecular flexibility index (Phi) is 3.60. The molecule has 0 fully saturated rings. The van der Waals surface area contributed by atoms with Crippen LogP contribution >= 0.6 is 11.3 Å². The van der Waals surface area contributed by atoms with Crippen LogP contribution in [0.15, 0.2) is 44.4 Å². The largest absolute Gasteiger partial charge is 0.441 e. The second-order valence-corrected chi connectivity index (χ2v) is 5.42. The standard InChI is InChI=1S/C14H11N3O4S/c1-9-12(15-14(21-9)10-4-5-22-8-10)7-16-6-11(17(19)20)2-3-13(16)18/h2-6,8H,7H2,1H3. The molecule has 8 heteroatoms. The van der Waals surface area contributed by atoms with Crippen molar-refractivity contribution in [2.45, 2.75) is 13.5 Å². The second-order valence-electron chi connectivity index (χ2n) is 4.64. The number of hydrogen-bond acceptors (Lipinski definition) is 6. The first-order chi connectivity index (χ1) is 10.5. The van der Waals surface area contributed by atoms with E-state index in [2.05, 4.69) is 4.98 Å². The van der Waals surface area contributed by atoms with Gasteiger partial charge in [-0.25, -0.2) is 4.98 Å². The summed E-state index contributed by atoms with van der Waals surface area (Å²) < 4.78 is 6.85. The molecule has 3 rings (SSSR count). The minimum Gasteiger partial charge on any atom is -0.441 e. The Bertz CT molecular complexity index is 880. The molecular formula is C14H11N3O4S. The Morgan fingerprint density at radius 3 is 2.91 bits per heavy atom. The summed E-state index contributed by atoms with van der Waals surface area (Å²) in [5, 5.41) is 14.6. The number of oxazole rings is 1. The first kappa shape index (κ1) is 14.2. The van der Waals surface area contributed by atoms with Crippen molar-refractivity contribution in [3.63, 3.8) is 0 Å². The highest BCUT2D eigenvalue weighted by Crippen LogP contribution is 2.24. The van der Waals surface area contributed by atoms with Gasteiger partial charge < -0.3 is 8.98 Å². The summed E-state index contributed by atoms with van der Waals surface area (Å²) >= 11 is 1.53. The topological polar surface area (TPSA) is 91.2 Å². The monoisotopic (exact) mass is 317 g/mol. The molecule has 0 spiro atoms. The molecule has 3 heterocycles. The van der Waals surface area contributed by atoms with E-state index in [4.69, 9.17) is 4.42 Å². The third-order valence-electron chi connectivity index (χ3n) is 3.16. The number of nitro groups is 1. The van der Waals surface area contributed by atoms with Gasteiger partial charge in [-0.2, -0.15) is 11.3 Å². The fraction of sp³-hybridized carbons (Fsp3) is 0.143. The van der Waals surface area contributed by atoms with Crippen molar-refractivity contribution < 1.29 is 9.34 Å². The smallest absolute Gasteiger partial charge is 0.285 e. The highest BCUT2D eigenvalue weighted by Gasteiger charge is 2.14. The fourth-order valence-corrected chi connectivity index (χ4v) is 2.63. The van der Waals surface area contributed by atoms with Crippen molar-refractivity contribution in [2.24, 2.45) is 0 Å². The van der Waals surface area contributed by atoms with E-state index < -0.39 is 4.92 Å². The van der Waals surface area contributed by atoms with Crippen molar-refractivity contribution in [1.29, 1.82) is 0 Å². The third kappa shape index (κ3) is 2.68. The third-order valence-corrected chi connectivity index (χ3v) is 3.84. The number of aromatic nitrogens is 2. The van der Waals surface area contributed by atoms with Crippen LogP contribution in [0.25, 0.3) is 11.5 Å². The molecule has 0 atom stereocenters. The zero-order chi connectivity index (χ0) is 15.7. The van der Waals surface area contributed by atoms with E-state index in [0.29, 0.717) is 17.3 Å². The first-order valence-corrected chi connectivity index (χ1v) is 7.32. The summed E-state index contributed by atoms with van der Waals surface area (Å²) in [4.78, 5) is 26.5. The van der Waals surface area contributed by atoms with Crippen LogP contribution in [0.3, 0.4) is 0 Å². The normalized spacial score (nSPS) is 10.8. The van der Waals surface area contributed by atoms with Crippen molar-refractivity contribution >= 4 is 17.0 Å². The van der Waals surface area contributed by atoms with Crippen LogP contribution in [-0.2, 0) is 6.54 Å². The lowest BCUT2D eigenvalue weighted by atomic mass is 10.3. The minimum atomic E-state index is -0.539. The van der Waals surface area contributed by atoms with Crippen LogP contribution in [0.1, 0.15) is 11.5 Å². The zero-order valence-corrected chi connectivity index (χ0v) is 12.4. The summed E-state index contributed by atoms with van der Waals surface area (Å²) in [6, 6.07) is 4.25. The molecule has 0 aliphatic rings. The first-order valence-electron chi connectivity index (χ1n) is 6.38. The average molecular weight is 317 g/mol. The van der Waals surface area contributed by atoms with Gasteiger partial charge in [0.2, 0.25) is 5.89 Å². The van der Waals surface area contributed by atoms with Crippen LogP contribution in [0.5, 0.6) is 0 Å². The van der Waals surface area contributed by atoms with Gasteiger partial charge in [-0.15, -0.1) is 0 Å². The summed E-state index contributed by atoms with van der Waals surface area (Å²) in [5.41, 5.74) is 0.971. The van der Waals surface area contributed by atoms with Crippen LogP contribution in [0.4, 0.5) is 5.69 Å². The molecule has 0 saturated heterocycles. The summed E-state index contributed by atoms with van der Waals surface area (Å²) in [6.07, 6.45) is 1.21. The molecule has 0 amide bonds. The zero-order valence-electron chi connectivity index (χ0n) is 11.6. The van der Waals surface area contributed by atoms with E-state index in [0.717, 1.165) is 5.56 Å². The molecule has 0 unspecified atom stereocenters. The molecule has 0 bridgehead atoms. The number of nitrogens with zero attached hydrogens (tertiary/aromatic N) is 3. The molecule has 0 N–H and O–H groups in total. The Labute approximate surface area is 128 Å². The number of aryl methyl sites for hydroxylation is 1. The van der Waals surface area contributed by atoms with Crippen molar-refractivity contribution in [3.05, 3.63) is 67.1 Å². The SMILES string of the molecule is Cc1oc(-c2ccsc2)nc1Cn1cc([N+](=O)[O-])ccc1=O. The maximum atomic E-state index is 11.8. The lowest BCUT2D eigenvalue weighted by Crippen LogP contribution is -2.19. The van der Waals surface area contributed by atoms with E-state index in [1.165, 1.54) is 34.2 Å². The van der Waals surface area contributed by atoms with E-state index in [1.54, 1.807) is 6.92 Å². The lowest BCUT2D eigenvalue weighted by Gasteiger charge is -2.02. The number of rotatable bonds is 4. The van der Waals surface area contributed by atoms with Gasteiger partial charge in [0.05, 0.1) is 17.7 Å². The van der Waals surface area contributed by atoms with Gasteiger partial charge in [0, 0.05) is 23.1 Å². The maximum absolute atomic E-state index is 11.8. The Balaban J connectivity index is 1.95.